The van der Waals surface area contributed by atoms with Crippen molar-refractivity contribution in [1.82, 2.24) is 4.98 Å². The van der Waals surface area contributed by atoms with Gasteiger partial charge < -0.3 is 10.5 Å². The summed E-state index contributed by atoms with van der Waals surface area (Å²) in [4.78, 5) is 15.5. The van der Waals surface area contributed by atoms with Gasteiger partial charge in [-0.15, -0.1) is 0 Å². The fraction of sp³-hybridized carbons (Fsp3) is 0.143. The molecule has 0 fully saturated rings. The number of nitrogens with one attached hydrogen (secondary N) is 1. The van der Waals surface area contributed by atoms with E-state index in [4.69, 9.17) is 5.73 Å². The number of carbonyl (C=O) groups excluding carboxylic acids is 1. The predicted octanol–water partition coefficient (Wildman–Crippen LogP) is 3.54. The minimum Gasteiger partial charge on any atom is -0.370 e. The van der Waals surface area contributed by atoms with E-state index in [-0.39, 0.29) is 12.3 Å². The van der Waals surface area contributed by atoms with E-state index in [2.05, 4.69) is 15.8 Å². The SMILES string of the molecule is CS(=O)Nc1cccc(-c2ccc(-c3cccnc3)cc2CCC(N)=O)c1. The van der Waals surface area contributed by atoms with Crippen LogP contribution in [0.2, 0.25) is 0 Å². The molecule has 0 aliphatic carbocycles. The molecule has 0 radical (unpaired) electrons. The lowest BCUT2D eigenvalue weighted by Gasteiger charge is -2.13. The molecule has 3 rings (SSSR count). The summed E-state index contributed by atoms with van der Waals surface area (Å²) in [6, 6.07) is 17.8. The van der Waals surface area contributed by atoms with Crippen LogP contribution in [0.4, 0.5) is 5.69 Å². The Kier molecular flexibility index (Phi) is 5.98. The van der Waals surface area contributed by atoms with Gasteiger partial charge in [-0.2, -0.15) is 0 Å². The van der Waals surface area contributed by atoms with Gasteiger partial charge in [-0.1, -0.05) is 36.4 Å². The van der Waals surface area contributed by atoms with Gasteiger partial charge >= 0.3 is 0 Å². The molecule has 1 atom stereocenters. The Bertz CT molecular complexity index is 974. The molecule has 138 valence electrons. The number of aryl methyl sites for hydroxylation is 1. The monoisotopic (exact) mass is 379 g/mol. The molecule has 0 spiro atoms. The van der Waals surface area contributed by atoms with Crippen molar-refractivity contribution < 1.29 is 9.00 Å². The molecule has 0 aliphatic heterocycles. The first-order valence-electron chi connectivity index (χ1n) is 8.55. The number of anilines is 1. The third kappa shape index (κ3) is 5.01. The molecule has 0 bridgehead atoms. The molecule has 1 amide bonds. The maximum absolute atomic E-state index is 11.4. The second-order valence-electron chi connectivity index (χ2n) is 6.22. The Labute approximate surface area is 161 Å². The van der Waals surface area contributed by atoms with Gasteiger partial charge in [0, 0.05) is 30.8 Å². The van der Waals surface area contributed by atoms with Crippen molar-refractivity contribution in [3.63, 3.8) is 0 Å². The van der Waals surface area contributed by atoms with Gasteiger partial charge in [-0.05, 0) is 52.4 Å². The maximum Gasteiger partial charge on any atom is 0.217 e. The van der Waals surface area contributed by atoms with Crippen LogP contribution < -0.4 is 10.5 Å². The van der Waals surface area contributed by atoms with Crippen molar-refractivity contribution in [2.45, 2.75) is 12.8 Å². The van der Waals surface area contributed by atoms with Gasteiger partial charge in [0.2, 0.25) is 5.91 Å². The first-order valence-corrected chi connectivity index (χ1v) is 10.1. The topological polar surface area (TPSA) is 85.1 Å². The van der Waals surface area contributed by atoms with Gasteiger partial charge in [-0.25, -0.2) is 4.21 Å². The number of hydrogen-bond donors (Lipinski definition) is 2. The van der Waals surface area contributed by atoms with Gasteiger partial charge in [0.05, 0.1) is 0 Å². The summed E-state index contributed by atoms with van der Waals surface area (Å²) in [5, 5.41) is 0. The van der Waals surface area contributed by atoms with E-state index in [9.17, 15) is 9.00 Å². The molecule has 1 heterocycles. The number of pyridine rings is 1. The molecule has 1 unspecified atom stereocenters. The molecule has 5 nitrogen and oxygen atoms in total. The highest BCUT2D eigenvalue weighted by Crippen LogP contribution is 2.31. The highest BCUT2D eigenvalue weighted by Gasteiger charge is 2.10. The molecule has 0 saturated heterocycles. The number of amides is 1. The van der Waals surface area contributed by atoms with Crippen LogP contribution >= 0.6 is 0 Å². The summed E-state index contributed by atoms with van der Waals surface area (Å²) in [5.74, 6) is -0.329. The van der Waals surface area contributed by atoms with E-state index in [0.717, 1.165) is 33.5 Å². The average Bonchev–Trinajstić information content (AvgIpc) is 2.66. The van der Waals surface area contributed by atoms with Crippen LogP contribution in [-0.4, -0.2) is 21.4 Å². The third-order valence-corrected chi connectivity index (χ3v) is 4.70. The zero-order valence-corrected chi connectivity index (χ0v) is 15.8. The molecular formula is C21H21N3O2S. The largest absolute Gasteiger partial charge is 0.370 e. The summed E-state index contributed by atoms with van der Waals surface area (Å²) in [7, 11) is -1.14. The molecule has 0 saturated carbocycles. The van der Waals surface area contributed by atoms with E-state index in [0.29, 0.717) is 6.42 Å². The minimum atomic E-state index is -1.14. The zero-order chi connectivity index (χ0) is 19.2. The number of nitrogens with two attached hydrogens (primary N) is 1. The van der Waals surface area contributed by atoms with Crippen molar-refractivity contribution in [2.75, 3.05) is 11.0 Å². The highest BCUT2D eigenvalue weighted by molar-refractivity contribution is 7.85. The van der Waals surface area contributed by atoms with Crippen molar-refractivity contribution in [1.29, 1.82) is 0 Å². The normalized spacial score (nSPS) is 11.7. The Balaban J connectivity index is 2.03. The summed E-state index contributed by atoms with van der Waals surface area (Å²) < 4.78 is 14.4. The highest BCUT2D eigenvalue weighted by atomic mass is 32.2. The summed E-state index contributed by atoms with van der Waals surface area (Å²) in [6.07, 6.45) is 5.97. The number of primary amides is 1. The average molecular weight is 379 g/mol. The number of rotatable bonds is 7. The van der Waals surface area contributed by atoms with Crippen LogP contribution in [0.5, 0.6) is 0 Å². The lowest BCUT2D eigenvalue weighted by Crippen LogP contribution is -2.11. The number of benzene rings is 2. The lowest BCUT2D eigenvalue weighted by atomic mass is 9.93. The summed E-state index contributed by atoms with van der Waals surface area (Å²) in [5.41, 5.74) is 11.2. The fourth-order valence-corrected chi connectivity index (χ4v) is 3.43. The Morgan fingerprint density at radius 1 is 1.07 bits per heavy atom. The molecule has 1 aromatic heterocycles. The predicted molar refractivity (Wildman–Crippen MR) is 110 cm³/mol. The maximum atomic E-state index is 11.4. The third-order valence-electron chi connectivity index (χ3n) is 4.18. The van der Waals surface area contributed by atoms with Crippen molar-refractivity contribution >= 4 is 22.6 Å². The van der Waals surface area contributed by atoms with E-state index < -0.39 is 11.0 Å². The summed E-state index contributed by atoms with van der Waals surface area (Å²) in [6.45, 7) is 0. The lowest BCUT2D eigenvalue weighted by molar-refractivity contribution is -0.117. The van der Waals surface area contributed by atoms with Crippen LogP contribution in [-0.2, 0) is 22.2 Å². The second kappa shape index (κ2) is 8.60. The first kappa shape index (κ1) is 18.8. The molecule has 27 heavy (non-hydrogen) atoms. The summed E-state index contributed by atoms with van der Waals surface area (Å²) >= 11 is 0. The smallest absolute Gasteiger partial charge is 0.217 e. The van der Waals surface area contributed by atoms with E-state index in [1.165, 1.54) is 0 Å². The molecule has 2 aromatic carbocycles. The van der Waals surface area contributed by atoms with Crippen LogP contribution in [0.15, 0.2) is 67.0 Å². The molecule has 3 N–H and O–H groups in total. The number of aromatic nitrogens is 1. The van der Waals surface area contributed by atoms with Gasteiger partial charge in [0.25, 0.3) is 0 Å². The van der Waals surface area contributed by atoms with Gasteiger partial charge in [0.15, 0.2) is 0 Å². The van der Waals surface area contributed by atoms with Crippen molar-refractivity contribution in [2.24, 2.45) is 5.73 Å². The van der Waals surface area contributed by atoms with Crippen LogP contribution in [0.25, 0.3) is 22.3 Å². The molecule has 0 aliphatic rings. The van der Waals surface area contributed by atoms with Crippen LogP contribution in [0.1, 0.15) is 12.0 Å². The second-order valence-corrected chi connectivity index (χ2v) is 7.33. The quantitative estimate of drug-likeness (QED) is 0.658. The van der Waals surface area contributed by atoms with E-state index >= 15 is 0 Å². The van der Waals surface area contributed by atoms with Crippen molar-refractivity contribution in [3.05, 3.63) is 72.6 Å². The van der Waals surface area contributed by atoms with Gasteiger partial charge in [-0.3, -0.25) is 9.78 Å². The van der Waals surface area contributed by atoms with Gasteiger partial charge in [0.1, 0.15) is 11.0 Å². The molecular weight excluding hydrogens is 358 g/mol. The fourth-order valence-electron chi connectivity index (χ4n) is 2.97. The standard InChI is InChI=1S/C21H21N3O2S/c1-27(26)24-19-6-2-4-16(13-19)20-9-7-15(18-5-3-11-23-14-18)12-17(20)8-10-21(22)25/h2-7,9,11-14,24H,8,10H2,1H3,(H2,22,25). The van der Waals surface area contributed by atoms with Crippen LogP contribution in [0.3, 0.4) is 0 Å². The number of hydrogen-bond acceptors (Lipinski definition) is 3. The molecule has 3 aromatic rings. The van der Waals surface area contributed by atoms with Crippen molar-refractivity contribution in [3.8, 4) is 22.3 Å². The van der Waals surface area contributed by atoms with E-state index in [1.807, 2.05) is 54.7 Å². The Morgan fingerprint density at radius 2 is 1.89 bits per heavy atom. The first-order chi connectivity index (χ1) is 13.0. The Morgan fingerprint density at radius 3 is 2.59 bits per heavy atom. The van der Waals surface area contributed by atoms with Crippen LogP contribution in [0, 0.1) is 0 Å². The van der Waals surface area contributed by atoms with E-state index in [1.54, 1.807) is 12.5 Å². The number of nitrogens with zero attached hydrogens (tertiary/aromatic N) is 1. The zero-order valence-electron chi connectivity index (χ0n) is 15.0. The Hall–Kier alpha value is -2.99. The number of carbonyl (C=O) groups is 1. The molecule has 6 heteroatoms. The minimum absolute atomic E-state index is 0.278.